The van der Waals surface area contributed by atoms with Crippen LogP contribution in [-0.4, -0.2) is 80.5 Å². The Balaban J connectivity index is 1.24. The fourth-order valence-electron chi connectivity index (χ4n) is 9.63. The van der Waals surface area contributed by atoms with E-state index in [4.69, 9.17) is 15.5 Å². The Hall–Kier alpha value is -3.59. The summed E-state index contributed by atoms with van der Waals surface area (Å²) >= 11 is 0. The Morgan fingerprint density at radius 1 is 1.15 bits per heavy atom. The zero-order chi connectivity index (χ0) is 33.3. The molecule has 3 aromatic heterocycles. The summed E-state index contributed by atoms with van der Waals surface area (Å²) in [4.78, 5) is 31.7. The molecule has 6 aliphatic rings. The lowest BCUT2D eigenvalue weighted by molar-refractivity contribution is -0.137. The highest BCUT2D eigenvalue weighted by atomic mass is 19.4. The first-order valence-corrected chi connectivity index (χ1v) is 16.9. The van der Waals surface area contributed by atoms with Crippen LogP contribution in [0.3, 0.4) is 0 Å². The molecule has 10 nitrogen and oxygen atoms in total. The van der Waals surface area contributed by atoms with E-state index in [1.54, 1.807) is 0 Å². The number of aromatic nitrogens is 4. The minimum absolute atomic E-state index is 0.0613. The van der Waals surface area contributed by atoms with Gasteiger partial charge in [0.15, 0.2) is 11.6 Å². The number of pyridine rings is 2. The normalized spacial score (nSPS) is 30.2. The second-order valence-corrected chi connectivity index (χ2v) is 14.9. The summed E-state index contributed by atoms with van der Waals surface area (Å²) < 4.78 is 83.2. The van der Waals surface area contributed by atoms with Crippen molar-refractivity contribution in [1.29, 1.82) is 0 Å². The Labute approximate surface area is 272 Å². The van der Waals surface area contributed by atoms with Crippen LogP contribution in [0.15, 0.2) is 10.9 Å². The lowest BCUT2D eigenvalue weighted by Crippen LogP contribution is -2.58. The van der Waals surface area contributed by atoms with Crippen molar-refractivity contribution in [3.63, 3.8) is 0 Å². The Kier molecular flexibility index (Phi) is 6.49. The molecule has 1 spiro atoms. The summed E-state index contributed by atoms with van der Waals surface area (Å²) in [5.74, 6) is -1.17. The summed E-state index contributed by atoms with van der Waals surface area (Å²) in [5, 5.41) is 3.63. The van der Waals surface area contributed by atoms with Gasteiger partial charge < -0.3 is 25.3 Å². The highest BCUT2D eigenvalue weighted by molar-refractivity contribution is 5.91. The van der Waals surface area contributed by atoms with Crippen molar-refractivity contribution in [2.75, 3.05) is 36.9 Å². The first kappa shape index (κ1) is 30.5. The molecule has 3 aromatic rings. The molecule has 0 amide bonds. The molecule has 48 heavy (non-hydrogen) atoms. The highest BCUT2D eigenvalue weighted by Gasteiger charge is 2.62. The Morgan fingerprint density at radius 3 is 2.71 bits per heavy atom. The number of piperazine rings is 1. The number of nitrogens with zero attached hydrogens (tertiary/aromatic N) is 6. The topological polar surface area (TPSA) is 114 Å². The van der Waals surface area contributed by atoms with Gasteiger partial charge in [0.2, 0.25) is 0 Å². The van der Waals surface area contributed by atoms with E-state index in [1.165, 1.54) is 11.5 Å². The number of fused-ring (bicyclic) bond motifs is 6. The molecule has 1 saturated carbocycles. The third-order valence-corrected chi connectivity index (χ3v) is 11.8. The zero-order valence-electron chi connectivity index (χ0n) is 26.5. The predicted octanol–water partition coefficient (Wildman–Crippen LogP) is 4.21. The number of nitrogens with one attached hydrogen (secondary N) is 1. The number of anilines is 2. The van der Waals surface area contributed by atoms with Crippen molar-refractivity contribution >= 4 is 22.7 Å². The molecule has 5 fully saturated rings. The van der Waals surface area contributed by atoms with Gasteiger partial charge in [-0.15, -0.1) is 0 Å². The molecular weight excluding hydrogens is 635 g/mol. The lowest BCUT2D eigenvalue weighted by Gasteiger charge is -2.41. The van der Waals surface area contributed by atoms with E-state index in [1.807, 2.05) is 0 Å². The van der Waals surface area contributed by atoms with Gasteiger partial charge in [-0.3, -0.25) is 9.69 Å². The molecule has 9 rings (SSSR count). The third-order valence-electron chi connectivity index (χ3n) is 11.8. The van der Waals surface area contributed by atoms with Crippen LogP contribution < -0.4 is 26.2 Å². The molecule has 0 aromatic carbocycles. The molecule has 256 valence electrons. The largest absolute Gasteiger partial charge is 0.461 e. The molecular formula is C33H37F5N8O2. The predicted molar refractivity (Wildman–Crippen MR) is 167 cm³/mol. The minimum Gasteiger partial charge on any atom is -0.461 e. The van der Waals surface area contributed by atoms with Crippen LogP contribution in [0, 0.1) is 11.2 Å². The average Bonchev–Trinajstić information content (AvgIpc) is 3.49. The van der Waals surface area contributed by atoms with E-state index in [0.717, 1.165) is 44.7 Å². The molecule has 5 aliphatic heterocycles. The summed E-state index contributed by atoms with van der Waals surface area (Å²) in [7, 11) is 0. The van der Waals surface area contributed by atoms with E-state index < -0.39 is 46.1 Å². The van der Waals surface area contributed by atoms with Gasteiger partial charge >= 0.3 is 12.2 Å². The fourth-order valence-corrected chi connectivity index (χ4v) is 9.63. The van der Waals surface area contributed by atoms with Gasteiger partial charge in [-0.05, 0) is 62.0 Å². The van der Waals surface area contributed by atoms with Gasteiger partial charge in [0.05, 0.1) is 16.8 Å². The van der Waals surface area contributed by atoms with Crippen molar-refractivity contribution < 1.29 is 26.7 Å². The maximum absolute atomic E-state index is 17.0. The Bertz CT molecular complexity index is 1910. The van der Waals surface area contributed by atoms with E-state index in [0.29, 0.717) is 31.7 Å². The number of nitrogens with two attached hydrogens (primary N) is 1. The highest BCUT2D eigenvalue weighted by Crippen LogP contribution is 2.61. The summed E-state index contributed by atoms with van der Waals surface area (Å²) in [5.41, 5.74) is 1.36. The van der Waals surface area contributed by atoms with E-state index >= 15 is 4.39 Å². The molecule has 15 heteroatoms. The Morgan fingerprint density at radius 2 is 1.96 bits per heavy atom. The smallest absolute Gasteiger partial charge is 0.418 e. The van der Waals surface area contributed by atoms with Crippen LogP contribution in [-0.2, 0) is 19.1 Å². The second kappa shape index (κ2) is 10.2. The summed E-state index contributed by atoms with van der Waals surface area (Å²) in [6, 6.07) is 1.13. The zero-order valence-corrected chi connectivity index (χ0v) is 26.5. The van der Waals surface area contributed by atoms with Gasteiger partial charge in [-0.1, -0.05) is 6.92 Å². The van der Waals surface area contributed by atoms with Gasteiger partial charge in [0, 0.05) is 50.7 Å². The van der Waals surface area contributed by atoms with Gasteiger partial charge in [-0.25, -0.2) is 13.8 Å². The van der Waals surface area contributed by atoms with E-state index in [-0.39, 0.29) is 71.5 Å². The SMILES string of the molecule is CCc1cc(N)nc(-c2c(F)c3nc(OC[C@]45C[C@@H](F)CN4CC4(CC4)C5)nc4c3n(c2=O)CCC2C3CCC(CN42)N3)c1C(F)(F)F. The van der Waals surface area contributed by atoms with E-state index in [9.17, 15) is 22.4 Å². The van der Waals surface area contributed by atoms with Crippen LogP contribution in [0.25, 0.3) is 22.3 Å². The van der Waals surface area contributed by atoms with Crippen molar-refractivity contribution in [2.24, 2.45) is 5.41 Å². The number of alkyl halides is 4. The summed E-state index contributed by atoms with van der Waals surface area (Å²) in [6.45, 7) is 3.44. The van der Waals surface area contributed by atoms with Crippen molar-refractivity contribution in [3.05, 3.63) is 33.4 Å². The number of hydrogen-bond acceptors (Lipinski definition) is 9. The molecule has 3 unspecified atom stereocenters. The quantitative estimate of drug-likeness (QED) is 0.385. The maximum Gasteiger partial charge on any atom is 0.418 e. The van der Waals surface area contributed by atoms with Crippen LogP contribution >= 0.6 is 0 Å². The van der Waals surface area contributed by atoms with Crippen LogP contribution in [0.5, 0.6) is 6.01 Å². The number of nitrogen functional groups attached to an aromatic ring is 1. The van der Waals surface area contributed by atoms with Crippen molar-refractivity contribution in [2.45, 2.75) is 101 Å². The third kappa shape index (κ3) is 4.48. The van der Waals surface area contributed by atoms with Crippen LogP contribution in [0.4, 0.5) is 33.6 Å². The monoisotopic (exact) mass is 672 g/mol. The second-order valence-electron chi connectivity index (χ2n) is 14.9. The van der Waals surface area contributed by atoms with Gasteiger partial charge in [0.25, 0.3) is 5.56 Å². The van der Waals surface area contributed by atoms with Crippen LogP contribution in [0.2, 0.25) is 0 Å². The number of rotatable bonds is 5. The van der Waals surface area contributed by atoms with E-state index in [2.05, 4.69) is 25.1 Å². The number of halogens is 5. The number of ether oxygens (including phenoxy) is 1. The maximum atomic E-state index is 17.0. The minimum atomic E-state index is -4.94. The number of aryl methyl sites for hydroxylation is 2. The summed E-state index contributed by atoms with van der Waals surface area (Å²) in [6.07, 6.45) is -0.336. The molecule has 3 N–H and O–H groups in total. The van der Waals surface area contributed by atoms with Crippen molar-refractivity contribution in [3.8, 4) is 17.3 Å². The molecule has 1 aliphatic carbocycles. The molecule has 4 saturated heterocycles. The van der Waals surface area contributed by atoms with Crippen molar-refractivity contribution in [1.82, 2.24) is 29.7 Å². The average molecular weight is 673 g/mol. The number of hydrogen-bond donors (Lipinski definition) is 2. The molecule has 0 radical (unpaired) electrons. The molecule has 8 heterocycles. The van der Waals surface area contributed by atoms with Gasteiger partial charge in [-0.2, -0.15) is 23.1 Å². The fraction of sp³-hybridized carbons (Fsp3) is 0.636. The first-order valence-electron chi connectivity index (χ1n) is 16.9. The standard InChI is InChI=1S/C33H37F5N8O2/c1-2-16-9-21(39)41-25(23(16)33(36,37)38)22-24(35)26-27-28(46-12-18-3-4-19(40-18)20(46)5-8-45(27)29(22)47)43-30(42-26)48-15-32-10-17(34)11-44(32)14-31(13-32)6-7-31/h9,17-20,40H,2-8,10-15H2,1H3,(H2,39,41)/t17-,18?,19?,20?,32-/m1/s1. The van der Waals surface area contributed by atoms with Gasteiger partial charge in [0.1, 0.15) is 35.2 Å². The first-order chi connectivity index (χ1) is 22.9. The molecule has 5 atom stereocenters. The molecule has 2 bridgehead atoms. The lowest BCUT2D eigenvalue weighted by atomic mass is 9.89. The van der Waals surface area contributed by atoms with Crippen LogP contribution in [0.1, 0.15) is 63.0 Å².